The number of carbonyl (C=O) groups is 4. The second-order valence-electron chi connectivity index (χ2n) is 26.6. The number of aromatic hydroxyl groups is 2. The number of benzene rings is 5. The number of hydrogen-bond donors (Lipinski definition) is 5. The molecule has 8 aliphatic rings. The van der Waals surface area contributed by atoms with Crippen LogP contribution in [0.4, 0.5) is 4.79 Å². The number of phenols is 2. The molecule has 24 heteroatoms. The third kappa shape index (κ3) is 11.4. The van der Waals surface area contributed by atoms with E-state index in [4.69, 9.17) is 48.4 Å². The Kier molecular flexibility index (Phi) is 18.4. The summed E-state index contributed by atoms with van der Waals surface area (Å²) in [5.74, 6) is 2.41. The molecule has 5 aromatic carbocycles. The second-order valence-corrected chi connectivity index (χ2v) is 26.6. The molecule has 2 amide bonds. The number of fused-ring (bicyclic) bond motifs is 18. The fraction of sp³-hybridized carbons (Fsp3) is 0.493. The van der Waals surface area contributed by atoms with Crippen LogP contribution in [0.15, 0.2) is 42.5 Å². The Balaban J connectivity index is 0.000000205. The van der Waals surface area contributed by atoms with Gasteiger partial charge in [-0.1, -0.05) is 49.9 Å². The molecule has 24 nitrogen and oxygen atoms in total. The highest BCUT2D eigenvalue weighted by molar-refractivity contribution is 5.86. The predicted octanol–water partition coefficient (Wildman–Crippen LogP) is 7.73. The molecule has 8 aliphatic heterocycles. The first kappa shape index (κ1) is 67.4. The minimum absolute atomic E-state index is 0. The highest BCUT2D eigenvalue weighted by Crippen LogP contribution is 2.61. The SMILES string of the molecule is C.COc1c(C)cc2c(c1O)[C@@H]1C3Cc4c(OC(C)=O)c(C)c5c(c4[C@H](CN)N3[C@@H](C#N)[C@H](C2)N1C)OCO5.COc1c(C)cc2c(c1O)[C@@H]1C3Cc4c(OC(C)=O)c(C)c5c(c4[C@H](CNC(=O)[C@H](Cc4ccccc4)NC(=O)OC(C)(C)C)N3[C@@H](C#N)[C@H](C2)N1C)OCO5. The van der Waals surface area contributed by atoms with Crippen molar-refractivity contribution in [3.63, 3.8) is 0 Å². The highest BCUT2D eigenvalue weighted by atomic mass is 16.7. The molecule has 0 spiro atoms. The number of ether oxygens (including phenoxy) is 9. The van der Waals surface area contributed by atoms with Gasteiger partial charge in [-0.2, -0.15) is 10.5 Å². The largest absolute Gasteiger partial charge is 0.504 e. The van der Waals surface area contributed by atoms with E-state index in [0.717, 1.165) is 44.5 Å². The highest BCUT2D eigenvalue weighted by Gasteiger charge is 2.59. The van der Waals surface area contributed by atoms with Crippen LogP contribution in [0.3, 0.4) is 0 Å². The molecule has 2 fully saturated rings. The molecule has 0 saturated carbocycles. The summed E-state index contributed by atoms with van der Waals surface area (Å²) in [6.07, 6.45) is 1.32. The van der Waals surface area contributed by atoms with Crippen LogP contribution < -0.4 is 54.3 Å². The summed E-state index contributed by atoms with van der Waals surface area (Å²) in [5, 5.41) is 50.7. The zero-order valence-electron chi connectivity index (χ0n) is 55.2. The number of carbonyl (C=O) groups excluding carboxylic acids is 4. The van der Waals surface area contributed by atoms with Crippen molar-refractivity contribution in [2.24, 2.45) is 5.73 Å². The van der Waals surface area contributed by atoms with Crippen molar-refractivity contribution < 1.29 is 72.0 Å². The summed E-state index contributed by atoms with van der Waals surface area (Å²) >= 11 is 0. The third-order valence-corrected chi connectivity index (χ3v) is 20.0. The monoisotopic (exact) mass is 1300 g/mol. The van der Waals surface area contributed by atoms with E-state index in [2.05, 4.69) is 48.4 Å². The summed E-state index contributed by atoms with van der Waals surface area (Å²) in [7, 11) is 7.06. The van der Waals surface area contributed by atoms with Crippen molar-refractivity contribution in [3.8, 4) is 69.6 Å². The lowest BCUT2D eigenvalue weighted by Gasteiger charge is -2.60. The smallest absolute Gasteiger partial charge is 0.408 e. The molecular formula is C71H85N9O15. The van der Waals surface area contributed by atoms with Gasteiger partial charge in [-0.15, -0.1) is 0 Å². The van der Waals surface area contributed by atoms with Gasteiger partial charge in [-0.05, 0) is 116 Å². The van der Waals surface area contributed by atoms with Crippen LogP contribution in [-0.2, 0) is 51.2 Å². The van der Waals surface area contributed by atoms with E-state index in [1.807, 2.05) is 78.2 Å². The average molecular weight is 1300 g/mol. The topological polar surface area (TPSA) is 302 Å². The number of nitriles is 2. The zero-order valence-corrected chi connectivity index (χ0v) is 55.2. The molecule has 6 N–H and O–H groups in total. The molecule has 0 radical (unpaired) electrons. The summed E-state index contributed by atoms with van der Waals surface area (Å²) in [6.45, 7) is 15.6. The molecular weight excluding hydrogens is 1220 g/mol. The van der Waals surface area contributed by atoms with Gasteiger partial charge >= 0.3 is 18.0 Å². The van der Waals surface area contributed by atoms with E-state index in [0.29, 0.717) is 99.5 Å². The number of amides is 2. The van der Waals surface area contributed by atoms with Crippen LogP contribution in [0.2, 0.25) is 0 Å². The number of nitrogens with two attached hydrogens (primary N) is 1. The van der Waals surface area contributed by atoms with E-state index in [-0.39, 0.29) is 82.2 Å². The minimum Gasteiger partial charge on any atom is -0.504 e. The second kappa shape index (κ2) is 25.9. The van der Waals surface area contributed by atoms with Crippen LogP contribution in [-0.4, -0.2) is 157 Å². The standard InChI is InChI=1S/C42H49N5O9.C28H32N4O6.CH4/c1-21-14-25-16-28-30(18-43)47-29(34(46(28)7)32(25)35(49)36(21)52-8)17-26-33(39-38(53-20-54-39)22(2)37(26)55-23(3)48)31(47)19-44-40(50)27(15-24-12-10-9-11-13-24)45-41(51)56-42(4,5)6;1-12-6-15-7-17-19(9-29)32-18(23(31(17)4)21(15)24(34)25(12)35-5)8-16-22(20(32)10-30)28-27(36-11-37-28)13(2)26(16)38-14(3)33;/h9-14,27-31,34,49H,15-17,19-20H2,1-8H3,(H,44,50)(H,45,51);6,17-20,23,34H,7-8,10-11,30H2,1-5H3;1H4/t27-,28-,29?,30-,31-,34-;17-,18?,19-,20-,23-;/m00./s1. The zero-order chi connectivity index (χ0) is 67.3. The number of aryl methyl sites for hydroxylation is 2. The van der Waals surface area contributed by atoms with Gasteiger partial charge in [0.2, 0.25) is 19.5 Å². The first-order valence-corrected chi connectivity index (χ1v) is 31.7. The van der Waals surface area contributed by atoms with Crippen molar-refractivity contribution in [3.05, 3.63) is 115 Å². The maximum Gasteiger partial charge on any atom is 0.408 e. The number of likely N-dealkylation sites (N-methyl/N-ethyl adjacent to an activating group) is 2. The number of nitrogens with one attached hydrogen (secondary N) is 2. The molecule has 2 saturated heterocycles. The molecule has 13 rings (SSSR count). The number of rotatable bonds is 11. The Bertz CT molecular complexity index is 4010. The molecule has 0 aromatic heterocycles. The quantitative estimate of drug-likeness (QED) is 0.0624. The maximum atomic E-state index is 14.3. The van der Waals surface area contributed by atoms with Gasteiger partial charge in [-0.25, -0.2) is 4.79 Å². The molecule has 4 bridgehead atoms. The van der Waals surface area contributed by atoms with E-state index in [1.54, 1.807) is 27.9 Å². The number of piperazine rings is 2. The summed E-state index contributed by atoms with van der Waals surface area (Å²) in [6, 6.07) is 13.6. The van der Waals surface area contributed by atoms with Crippen molar-refractivity contribution in [1.29, 1.82) is 10.5 Å². The number of phenolic OH excluding ortho intramolecular Hbond substituents is 2. The van der Waals surface area contributed by atoms with Crippen LogP contribution >= 0.6 is 0 Å². The third-order valence-electron chi connectivity index (χ3n) is 20.0. The number of nitrogens with zero attached hydrogens (tertiary/aromatic N) is 6. The normalized spacial score (nSPS) is 24.3. The molecule has 8 heterocycles. The number of methoxy groups -OCH3 is 2. The first-order chi connectivity index (χ1) is 44.9. The van der Waals surface area contributed by atoms with Crippen molar-refractivity contribution in [2.75, 3.05) is 55.0 Å². The predicted molar refractivity (Wildman–Crippen MR) is 347 cm³/mol. The number of esters is 2. The van der Waals surface area contributed by atoms with Gasteiger partial charge in [0.1, 0.15) is 35.2 Å². The first-order valence-electron chi connectivity index (χ1n) is 31.7. The van der Waals surface area contributed by atoms with Crippen molar-refractivity contribution >= 4 is 23.9 Å². The molecule has 0 aliphatic carbocycles. The van der Waals surface area contributed by atoms with Crippen LogP contribution in [0, 0.1) is 50.4 Å². The Morgan fingerprint density at radius 1 is 0.663 bits per heavy atom. The van der Waals surface area contributed by atoms with Crippen molar-refractivity contribution in [1.82, 2.24) is 30.2 Å². The molecule has 504 valence electrons. The lowest BCUT2D eigenvalue weighted by atomic mass is 9.71. The van der Waals surface area contributed by atoms with Gasteiger partial charge in [0.05, 0.1) is 50.5 Å². The van der Waals surface area contributed by atoms with Crippen LogP contribution in [0.5, 0.6) is 57.5 Å². The van der Waals surface area contributed by atoms with Gasteiger partial charge < -0.3 is 69.2 Å². The summed E-state index contributed by atoms with van der Waals surface area (Å²) < 4.78 is 52.4. The fourth-order valence-electron chi connectivity index (χ4n) is 16.5. The van der Waals surface area contributed by atoms with Gasteiger partial charge in [0.25, 0.3) is 0 Å². The van der Waals surface area contributed by atoms with Crippen LogP contribution in [0.1, 0.15) is 139 Å². The summed E-state index contributed by atoms with van der Waals surface area (Å²) in [5.41, 5.74) is 15.9. The lowest BCUT2D eigenvalue weighted by molar-refractivity contribution is -0.133. The van der Waals surface area contributed by atoms with E-state index in [9.17, 15) is 39.9 Å². The van der Waals surface area contributed by atoms with E-state index in [1.165, 1.54) is 21.0 Å². The Morgan fingerprint density at radius 3 is 1.53 bits per heavy atom. The average Bonchev–Trinajstić information content (AvgIpc) is 1.35. The lowest BCUT2D eigenvalue weighted by Crippen LogP contribution is -2.69. The summed E-state index contributed by atoms with van der Waals surface area (Å²) in [4.78, 5) is 60.9. The molecule has 95 heavy (non-hydrogen) atoms. The number of hydrogen-bond acceptors (Lipinski definition) is 22. The van der Waals surface area contributed by atoms with Gasteiger partial charge in [0.15, 0.2) is 46.0 Å². The maximum absolute atomic E-state index is 14.3. The Labute approximate surface area is 553 Å². The van der Waals surface area contributed by atoms with Crippen LogP contribution in [0.25, 0.3) is 0 Å². The Morgan fingerprint density at radius 2 is 1.11 bits per heavy atom. The van der Waals surface area contributed by atoms with Gasteiger partial charge in [-0.3, -0.25) is 34.0 Å². The van der Waals surface area contributed by atoms with E-state index < -0.39 is 65.8 Å². The Hall–Kier alpha value is -9.04. The molecule has 2 unspecified atom stereocenters. The van der Waals surface area contributed by atoms with Gasteiger partial charge in [0, 0.05) is 102 Å². The number of alkyl carbamates (subject to hydrolysis) is 1. The fourth-order valence-corrected chi connectivity index (χ4v) is 16.5. The van der Waals surface area contributed by atoms with E-state index >= 15 is 0 Å². The molecule has 5 aromatic rings. The minimum atomic E-state index is -1.01. The molecule has 11 atom stereocenters. The van der Waals surface area contributed by atoms with Crippen molar-refractivity contribution in [2.45, 2.75) is 174 Å².